The Bertz CT molecular complexity index is 212. The number of aliphatic carboxylic acids is 1. The van der Waals surface area contributed by atoms with E-state index in [1.54, 1.807) is 0 Å². The van der Waals surface area contributed by atoms with Crippen LogP contribution in [0.15, 0.2) is 12.7 Å². The molecule has 1 rings (SSSR count). The summed E-state index contributed by atoms with van der Waals surface area (Å²) in [6.07, 6.45) is 2.17. The average molecular weight is 195 g/mol. The summed E-state index contributed by atoms with van der Waals surface area (Å²) in [4.78, 5) is 10.7. The molecule has 1 unspecified atom stereocenters. The Morgan fingerprint density at radius 1 is 1.73 bits per heavy atom. The highest BCUT2D eigenvalue weighted by molar-refractivity contribution is 6.53. The molecule has 0 radical (unpaired) electrons. The molecule has 1 N–H and O–H groups in total. The molecule has 0 aromatic rings. The van der Waals surface area contributed by atoms with Crippen molar-refractivity contribution in [3.05, 3.63) is 12.7 Å². The largest absolute Gasteiger partial charge is 0.481 e. The third kappa shape index (κ3) is 1.14. The summed E-state index contributed by atoms with van der Waals surface area (Å²) < 4.78 is -1.09. The van der Waals surface area contributed by atoms with E-state index in [0.717, 1.165) is 0 Å². The van der Waals surface area contributed by atoms with Gasteiger partial charge in [-0.2, -0.15) is 0 Å². The number of carbonyl (C=O) groups is 1. The van der Waals surface area contributed by atoms with E-state index in [2.05, 4.69) is 6.58 Å². The number of halogens is 2. The molecule has 1 aliphatic carbocycles. The molecule has 1 aliphatic rings. The first-order valence-corrected chi connectivity index (χ1v) is 3.94. The number of hydrogen-bond donors (Lipinski definition) is 1. The zero-order chi connectivity index (χ0) is 8.70. The molecule has 0 amide bonds. The molecule has 0 spiro atoms. The van der Waals surface area contributed by atoms with Crippen molar-refractivity contribution in [2.45, 2.75) is 17.2 Å². The summed E-state index contributed by atoms with van der Waals surface area (Å²) >= 11 is 11.3. The minimum Gasteiger partial charge on any atom is -0.481 e. The number of alkyl halides is 2. The lowest BCUT2D eigenvalue weighted by Crippen LogP contribution is -2.20. The van der Waals surface area contributed by atoms with Crippen LogP contribution in [0.25, 0.3) is 0 Å². The second kappa shape index (κ2) is 2.39. The Labute approximate surface area is 74.8 Å². The molecule has 0 aliphatic heterocycles. The zero-order valence-electron chi connectivity index (χ0n) is 5.81. The van der Waals surface area contributed by atoms with Crippen molar-refractivity contribution in [3.8, 4) is 0 Å². The molecule has 62 valence electrons. The topological polar surface area (TPSA) is 37.3 Å². The van der Waals surface area contributed by atoms with Crippen LogP contribution in [0.5, 0.6) is 0 Å². The molecule has 0 saturated heterocycles. The predicted octanol–water partition coefficient (Wildman–Crippen LogP) is 2.21. The number of allylic oxidation sites excluding steroid dienone is 1. The number of carboxylic acids is 1. The smallest absolute Gasteiger partial charge is 0.313 e. The van der Waals surface area contributed by atoms with Crippen LogP contribution in [0, 0.1) is 5.41 Å². The van der Waals surface area contributed by atoms with E-state index >= 15 is 0 Å². The van der Waals surface area contributed by atoms with E-state index < -0.39 is 15.7 Å². The van der Waals surface area contributed by atoms with Crippen molar-refractivity contribution < 1.29 is 9.90 Å². The van der Waals surface area contributed by atoms with Crippen LogP contribution >= 0.6 is 23.2 Å². The summed E-state index contributed by atoms with van der Waals surface area (Å²) in [5.74, 6) is -0.942. The Kier molecular flexibility index (Phi) is 1.93. The standard InChI is InChI=1S/C7H8Cl2O2/c1-2-3-6(5(10)11)4-7(6,8)9/h2H,1,3-4H2,(H,10,11). The second-order valence-electron chi connectivity index (χ2n) is 2.76. The minimum atomic E-state index is -1.09. The van der Waals surface area contributed by atoms with E-state index in [9.17, 15) is 4.79 Å². The molecule has 0 heterocycles. The fourth-order valence-corrected chi connectivity index (χ4v) is 1.89. The van der Waals surface area contributed by atoms with Crippen molar-refractivity contribution >= 4 is 29.2 Å². The highest BCUT2D eigenvalue weighted by Crippen LogP contribution is 2.66. The van der Waals surface area contributed by atoms with Crippen LogP contribution in [0.2, 0.25) is 0 Å². The second-order valence-corrected chi connectivity index (χ2v) is 4.25. The Morgan fingerprint density at radius 3 is 2.27 bits per heavy atom. The predicted molar refractivity (Wildman–Crippen MR) is 43.9 cm³/mol. The molecular formula is C7H8Cl2O2. The third-order valence-electron chi connectivity index (χ3n) is 2.00. The van der Waals surface area contributed by atoms with Crippen molar-refractivity contribution in [1.29, 1.82) is 0 Å². The quantitative estimate of drug-likeness (QED) is 0.553. The maximum atomic E-state index is 10.7. The van der Waals surface area contributed by atoms with Gasteiger partial charge in [0.25, 0.3) is 0 Å². The Balaban J connectivity index is 2.79. The zero-order valence-corrected chi connectivity index (χ0v) is 7.32. The van der Waals surface area contributed by atoms with Gasteiger partial charge in [-0.3, -0.25) is 4.79 Å². The van der Waals surface area contributed by atoms with Gasteiger partial charge in [0, 0.05) is 6.42 Å². The summed E-state index contributed by atoms with van der Waals surface area (Å²) in [5.41, 5.74) is -0.974. The average Bonchev–Trinajstić information content (AvgIpc) is 2.36. The fourth-order valence-electron chi connectivity index (χ4n) is 1.12. The molecule has 0 aromatic carbocycles. The van der Waals surface area contributed by atoms with Crippen LogP contribution in [0.4, 0.5) is 0 Å². The maximum absolute atomic E-state index is 10.7. The van der Waals surface area contributed by atoms with Crippen LogP contribution in [-0.2, 0) is 4.79 Å². The van der Waals surface area contributed by atoms with Crippen molar-refractivity contribution in [2.75, 3.05) is 0 Å². The van der Waals surface area contributed by atoms with E-state index in [0.29, 0.717) is 12.8 Å². The van der Waals surface area contributed by atoms with E-state index in [-0.39, 0.29) is 0 Å². The molecule has 11 heavy (non-hydrogen) atoms. The lowest BCUT2D eigenvalue weighted by Gasteiger charge is -2.08. The summed E-state index contributed by atoms with van der Waals surface area (Å²) in [7, 11) is 0. The molecule has 1 atom stereocenters. The molecule has 4 heteroatoms. The van der Waals surface area contributed by atoms with Crippen LogP contribution in [-0.4, -0.2) is 15.4 Å². The third-order valence-corrected chi connectivity index (χ3v) is 2.99. The van der Waals surface area contributed by atoms with Crippen LogP contribution < -0.4 is 0 Å². The Morgan fingerprint density at radius 2 is 2.18 bits per heavy atom. The first-order chi connectivity index (χ1) is 4.96. The lowest BCUT2D eigenvalue weighted by atomic mass is 10.0. The Hall–Kier alpha value is -0.210. The van der Waals surface area contributed by atoms with Gasteiger partial charge in [0.05, 0.1) is 0 Å². The van der Waals surface area contributed by atoms with Gasteiger partial charge in [-0.25, -0.2) is 0 Å². The van der Waals surface area contributed by atoms with E-state index in [4.69, 9.17) is 28.3 Å². The molecule has 1 fully saturated rings. The van der Waals surface area contributed by atoms with Gasteiger partial charge < -0.3 is 5.11 Å². The van der Waals surface area contributed by atoms with Crippen LogP contribution in [0.1, 0.15) is 12.8 Å². The molecular weight excluding hydrogens is 187 g/mol. The molecule has 0 aromatic heterocycles. The first-order valence-electron chi connectivity index (χ1n) is 3.18. The van der Waals surface area contributed by atoms with Crippen molar-refractivity contribution in [3.63, 3.8) is 0 Å². The minimum absolute atomic E-state index is 0.310. The summed E-state index contributed by atoms with van der Waals surface area (Å²) in [6, 6.07) is 0. The van der Waals surface area contributed by atoms with Gasteiger partial charge in [-0.1, -0.05) is 6.08 Å². The first kappa shape index (κ1) is 8.88. The van der Waals surface area contributed by atoms with Gasteiger partial charge in [0.2, 0.25) is 0 Å². The van der Waals surface area contributed by atoms with Crippen molar-refractivity contribution in [2.24, 2.45) is 5.41 Å². The van der Waals surface area contributed by atoms with Crippen LogP contribution in [0.3, 0.4) is 0 Å². The van der Waals surface area contributed by atoms with Crippen molar-refractivity contribution in [1.82, 2.24) is 0 Å². The normalized spacial score (nSPS) is 32.9. The maximum Gasteiger partial charge on any atom is 0.313 e. The number of hydrogen-bond acceptors (Lipinski definition) is 1. The van der Waals surface area contributed by atoms with Gasteiger partial charge in [0.15, 0.2) is 0 Å². The summed E-state index contributed by atoms with van der Waals surface area (Å²) in [6.45, 7) is 3.45. The van der Waals surface area contributed by atoms with E-state index in [1.807, 2.05) is 0 Å². The van der Waals surface area contributed by atoms with Gasteiger partial charge in [0.1, 0.15) is 9.75 Å². The molecule has 1 saturated carbocycles. The molecule has 2 nitrogen and oxygen atoms in total. The van der Waals surface area contributed by atoms with Gasteiger partial charge in [-0.15, -0.1) is 29.8 Å². The highest BCUT2D eigenvalue weighted by Gasteiger charge is 2.70. The lowest BCUT2D eigenvalue weighted by molar-refractivity contribution is -0.143. The SMILES string of the molecule is C=CCC1(C(=O)O)CC1(Cl)Cl. The number of carboxylic acid groups (broad SMARTS) is 1. The number of rotatable bonds is 3. The monoisotopic (exact) mass is 194 g/mol. The highest BCUT2D eigenvalue weighted by atomic mass is 35.5. The van der Waals surface area contributed by atoms with Gasteiger partial charge >= 0.3 is 5.97 Å². The fraction of sp³-hybridized carbons (Fsp3) is 0.571. The van der Waals surface area contributed by atoms with E-state index in [1.165, 1.54) is 6.08 Å². The summed E-state index contributed by atoms with van der Waals surface area (Å²) in [5, 5.41) is 8.75. The van der Waals surface area contributed by atoms with Gasteiger partial charge in [-0.05, 0) is 6.42 Å². The molecule has 0 bridgehead atoms.